The fraction of sp³-hybridized carbons (Fsp3) is 0.182. The Bertz CT molecular complexity index is 451. The van der Waals surface area contributed by atoms with E-state index in [1.54, 1.807) is 0 Å². The van der Waals surface area contributed by atoms with Crippen LogP contribution in [0.25, 0.3) is 0 Å². The molecule has 0 aliphatic heterocycles. The smallest absolute Gasteiger partial charge is 0.162 e. The molecule has 2 N–H and O–H groups in total. The highest BCUT2D eigenvalue weighted by molar-refractivity contribution is 5.91. The molecule has 0 aromatic heterocycles. The molecule has 1 aromatic rings. The first-order valence-electron chi connectivity index (χ1n) is 4.50. The predicted molar refractivity (Wildman–Crippen MR) is 53.0 cm³/mol. The lowest BCUT2D eigenvalue weighted by Crippen LogP contribution is -2.06. The van der Waals surface area contributed by atoms with E-state index in [0.717, 1.165) is 12.1 Å². The first kappa shape index (κ1) is 12.3. The van der Waals surface area contributed by atoms with Crippen LogP contribution < -0.4 is 5.73 Å². The van der Waals surface area contributed by atoms with E-state index in [0.29, 0.717) is 6.07 Å². The van der Waals surface area contributed by atoms with Gasteiger partial charge in [-0.1, -0.05) is 0 Å². The molecule has 0 heterocycles. The van der Waals surface area contributed by atoms with Gasteiger partial charge in [-0.25, -0.2) is 13.2 Å². The first-order chi connectivity index (χ1) is 7.40. The molecular formula is C11H10F3NO. The van der Waals surface area contributed by atoms with Crippen molar-refractivity contribution in [2.75, 3.05) is 0 Å². The van der Waals surface area contributed by atoms with Crippen molar-refractivity contribution in [3.05, 3.63) is 46.9 Å². The SMILES string of the molecule is C/C(N)=C/C(=O)Cc1cc(F)cc(F)c1F. The third-order valence-electron chi connectivity index (χ3n) is 1.82. The number of rotatable bonds is 3. The maximum absolute atomic E-state index is 13.1. The van der Waals surface area contributed by atoms with Gasteiger partial charge >= 0.3 is 0 Å². The Labute approximate surface area is 90.6 Å². The normalized spacial score (nSPS) is 11.6. The van der Waals surface area contributed by atoms with Crippen molar-refractivity contribution in [3.8, 4) is 0 Å². The van der Waals surface area contributed by atoms with Crippen molar-refractivity contribution in [2.45, 2.75) is 13.3 Å². The minimum Gasteiger partial charge on any atom is -0.402 e. The highest BCUT2D eigenvalue weighted by atomic mass is 19.2. The average Bonchev–Trinajstić information content (AvgIpc) is 2.11. The Hall–Kier alpha value is -1.78. The highest BCUT2D eigenvalue weighted by Crippen LogP contribution is 2.15. The van der Waals surface area contributed by atoms with Crippen LogP contribution in [0.3, 0.4) is 0 Å². The van der Waals surface area contributed by atoms with Gasteiger partial charge in [0.15, 0.2) is 17.4 Å². The molecule has 0 bridgehead atoms. The van der Waals surface area contributed by atoms with Crippen LogP contribution in [0.15, 0.2) is 23.9 Å². The fourth-order valence-corrected chi connectivity index (χ4v) is 1.23. The van der Waals surface area contributed by atoms with E-state index in [-0.39, 0.29) is 11.3 Å². The minimum absolute atomic E-state index is 0.252. The third kappa shape index (κ3) is 3.12. The summed E-state index contributed by atoms with van der Waals surface area (Å²) in [6, 6.07) is 1.21. The second kappa shape index (κ2) is 4.83. The molecule has 0 aliphatic carbocycles. The summed E-state index contributed by atoms with van der Waals surface area (Å²) in [5.41, 5.74) is 5.18. The molecule has 1 rings (SSSR count). The summed E-state index contributed by atoms with van der Waals surface area (Å²) in [4.78, 5) is 11.2. The summed E-state index contributed by atoms with van der Waals surface area (Å²) in [6.07, 6.45) is 0.664. The number of halogens is 3. The standard InChI is InChI=1S/C11H10F3NO/c1-6(15)2-9(16)4-7-3-8(12)5-10(13)11(7)14/h2-3,5H,4,15H2,1H3/b6-2-. The Morgan fingerprint density at radius 1 is 1.38 bits per heavy atom. The molecule has 0 atom stereocenters. The number of hydrogen-bond acceptors (Lipinski definition) is 2. The number of benzene rings is 1. The number of nitrogens with two attached hydrogens (primary N) is 1. The quantitative estimate of drug-likeness (QED) is 0.637. The van der Waals surface area contributed by atoms with Crippen LogP contribution in [-0.2, 0) is 11.2 Å². The topological polar surface area (TPSA) is 43.1 Å². The lowest BCUT2D eigenvalue weighted by Gasteiger charge is -2.02. The van der Waals surface area contributed by atoms with Crippen LogP contribution >= 0.6 is 0 Å². The fourth-order valence-electron chi connectivity index (χ4n) is 1.23. The van der Waals surface area contributed by atoms with Gasteiger partial charge in [0.1, 0.15) is 5.82 Å². The molecule has 0 aliphatic rings. The van der Waals surface area contributed by atoms with Gasteiger partial charge < -0.3 is 5.73 Å². The number of allylic oxidation sites excluding steroid dienone is 2. The van der Waals surface area contributed by atoms with Crippen LogP contribution in [0, 0.1) is 17.5 Å². The maximum atomic E-state index is 13.1. The molecule has 0 saturated heterocycles. The van der Waals surface area contributed by atoms with Gasteiger partial charge in [0.05, 0.1) is 0 Å². The molecule has 0 unspecified atom stereocenters. The van der Waals surface area contributed by atoms with Crippen LogP contribution in [0.4, 0.5) is 13.2 Å². The maximum Gasteiger partial charge on any atom is 0.162 e. The molecule has 1 aromatic carbocycles. The van der Waals surface area contributed by atoms with Crippen LogP contribution in [0.2, 0.25) is 0 Å². The lowest BCUT2D eigenvalue weighted by molar-refractivity contribution is -0.114. The van der Waals surface area contributed by atoms with Crippen LogP contribution in [0.5, 0.6) is 0 Å². The van der Waals surface area contributed by atoms with Gasteiger partial charge in [0.25, 0.3) is 0 Å². The van der Waals surface area contributed by atoms with Gasteiger partial charge in [0.2, 0.25) is 0 Å². The van der Waals surface area contributed by atoms with Crippen molar-refractivity contribution in [1.82, 2.24) is 0 Å². The van der Waals surface area contributed by atoms with E-state index < -0.39 is 29.7 Å². The molecule has 86 valence electrons. The van der Waals surface area contributed by atoms with Gasteiger partial charge in [-0.3, -0.25) is 4.79 Å². The molecule has 0 fully saturated rings. The largest absolute Gasteiger partial charge is 0.402 e. The zero-order valence-corrected chi connectivity index (χ0v) is 8.56. The summed E-state index contributed by atoms with van der Waals surface area (Å²) < 4.78 is 38.7. The molecule has 0 spiro atoms. The summed E-state index contributed by atoms with van der Waals surface area (Å²) in [6.45, 7) is 1.49. The molecule has 2 nitrogen and oxygen atoms in total. The Kier molecular flexibility index (Phi) is 3.71. The zero-order chi connectivity index (χ0) is 12.3. The van der Waals surface area contributed by atoms with E-state index in [2.05, 4.69) is 0 Å². The molecule has 0 saturated carbocycles. The van der Waals surface area contributed by atoms with E-state index >= 15 is 0 Å². The summed E-state index contributed by atoms with van der Waals surface area (Å²) in [7, 11) is 0. The van der Waals surface area contributed by atoms with Crippen molar-refractivity contribution in [3.63, 3.8) is 0 Å². The summed E-state index contributed by atoms with van der Waals surface area (Å²) in [5, 5.41) is 0. The van der Waals surface area contributed by atoms with Crippen molar-refractivity contribution < 1.29 is 18.0 Å². The third-order valence-corrected chi connectivity index (χ3v) is 1.82. The number of ketones is 1. The van der Waals surface area contributed by atoms with E-state index in [9.17, 15) is 18.0 Å². The monoisotopic (exact) mass is 229 g/mol. The Morgan fingerprint density at radius 2 is 2.00 bits per heavy atom. The zero-order valence-electron chi connectivity index (χ0n) is 8.56. The number of carbonyl (C=O) groups is 1. The van der Waals surface area contributed by atoms with Crippen LogP contribution in [-0.4, -0.2) is 5.78 Å². The van der Waals surface area contributed by atoms with Crippen molar-refractivity contribution in [1.29, 1.82) is 0 Å². The van der Waals surface area contributed by atoms with Gasteiger partial charge in [-0.15, -0.1) is 0 Å². The second-order valence-corrected chi connectivity index (χ2v) is 3.39. The number of carbonyl (C=O) groups excluding carboxylic acids is 1. The molecular weight excluding hydrogens is 219 g/mol. The average molecular weight is 229 g/mol. The van der Waals surface area contributed by atoms with E-state index in [4.69, 9.17) is 5.73 Å². The molecule has 0 radical (unpaired) electrons. The van der Waals surface area contributed by atoms with Gasteiger partial charge in [-0.2, -0.15) is 0 Å². The van der Waals surface area contributed by atoms with Gasteiger partial charge in [-0.05, 0) is 19.1 Å². The summed E-state index contributed by atoms with van der Waals surface area (Å²) >= 11 is 0. The Morgan fingerprint density at radius 3 is 2.56 bits per heavy atom. The lowest BCUT2D eigenvalue weighted by atomic mass is 10.1. The number of hydrogen-bond donors (Lipinski definition) is 1. The van der Waals surface area contributed by atoms with Crippen molar-refractivity contribution in [2.24, 2.45) is 5.73 Å². The highest BCUT2D eigenvalue weighted by Gasteiger charge is 2.13. The Balaban J connectivity index is 2.98. The molecule has 16 heavy (non-hydrogen) atoms. The molecule has 5 heteroatoms. The first-order valence-corrected chi connectivity index (χ1v) is 4.50. The summed E-state index contributed by atoms with van der Waals surface area (Å²) in [5.74, 6) is -3.95. The molecule has 0 amide bonds. The van der Waals surface area contributed by atoms with Crippen molar-refractivity contribution >= 4 is 5.78 Å². The predicted octanol–water partition coefficient (Wildman–Crippen LogP) is 2.08. The van der Waals surface area contributed by atoms with Crippen LogP contribution in [0.1, 0.15) is 12.5 Å². The van der Waals surface area contributed by atoms with E-state index in [1.807, 2.05) is 0 Å². The minimum atomic E-state index is -1.31. The second-order valence-electron chi connectivity index (χ2n) is 3.39. The van der Waals surface area contributed by atoms with Gasteiger partial charge in [0, 0.05) is 23.7 Å². The van der Waals surface area contributed by atoms with E-state index in [1.165, 1.54) is 6.92 Å².